The molecule has 3 atom stereocenters. The Balaban J connectivity index is 1.10. The summed E-state index contributed by atoms with van der Waals surface area (Å²) in [4.78, 5) is 40.7. The number of carbonyl (C=O) groups excluding carboxylic acids is 3. The van der Waals surface area contributed by atoms with Crippen molar-refractivity contribution in [1.82, 2.24) is 15.1 Å². The quantitative estimate of drug-likeness (QED) is 0.620. The van der Waals surface area contributed by atoms with Crippen LogP contribution in [0.25, 0.3) is 0 Å². The van der Waals surface area contributed by atoms with Gasteiger partial charge in [0, 0.05) is 48.6 Å². The first kappa shape index (κ1) is 23.4. The van der Waals surface area contributed by atoms with Gasteiger partial charge in [-0.2, -0.15) is 0 Å². The number of nitrogens with one attached hydrogen (secondary N) is 1. The van der Waals surface area contributed by atoms with Gasteiger partial charge in [-0.15, -0.1) is 0 Å². The number of piperidine rings is 1. The highest BCUT2D eigenvalue weighted by molar-refractivity contribution is 6.31. The van der Waals surface area contributed by atoms with Crippen LogP contribution in [0.2, 0.25) is 5.02 Å². The number of fused-ring (bicyclic) bond motifs is 1. The number of amides is 3. The van der Waals surface area contributed by atoms with Crippen molar-refractivity contribution in [3.05, 3.63) is 63.9 Å². The zero-order valence-corrected chi connectivity index (χ0v) is 20.5. The Morgan fingerprint density at radius 3 is 2.64 bits per heavy atom. The first-order chi connectivity index (χ1) is 17.4. The van der Waals surface area contributed by atoms with Crippen molar-refractivity contribution in [3.8, 4) is 5.75 Å². The highest BCUT2D eigenvalue weighted by atomic mass is 35.5. The highest BCUT2D eigenvalue weighted by Gasteiger charge is 2.42. The standard InChI is InChI=1S/C27H27ClFN3O4/c28-21-11-17(29)4-6-19(21)16-12-31(13-16)22-2-1-3-24(22)36-18-5-7-20-15(10-18)14-32(27(20)35)23-8-9-25(33)30-26(23)34/h4-7,10-11,16,22-24H,1-3,8-9,12-14H2,(H,30,33,34)/t22-,23?,24-/m1/s1. The monoisotopic (exact) mass is 511 g/mol. The number of benzene rings is 2. The Labute approximate surface area is 213 Å². The topological polar surface area (TPSA) is 79.0 Å². The van der Waals surface area contributed by atoms with Crippen molar-refractivity contribution in [2.24, 2.45) is 0 Å². The Morgan fingerprint density at radius 1 is 1.03 bits per heavy atom. The minimum Gasteiger partial charge on any atom is -0.489 e. The third kappa shape index (κ3) is 4.16. The number of carbonyl (C=O) groups is 3. The number of halogens is 2. The summed E-state index contributed by atoms with van der Waals surface area (Å²) in [7, 11) is 0. The summed E-state index contributed by atoms with van der Waals surface area (Å²) >= 11 is 6.26. The molecule has 1 saturated carbocycles. The van der Waals surface area contributed by atoms with Crippen LogP contribution in [0.5, 0.6) is 5.75 Å². The maximum absolute atomic E-state index is 13.4. The number of ether oxygens (including phenoxy) is 1. The SMILES string of the molecule is O=C1CCC(N2Cc3cc(O[C@@H]4CCC[C@H]4N4CC(c5ccc(F)cc5Cl)C4)ccc3C2=O)C(=O)N1. The molecule has 188 valence electrons. The first-order valence-corrected chi connectivity index (χ1v) is 12.9. The first-order valence-electron chi connectivity index (χ1n) is 12.5. The van der Waals surface area contributed by atoms with E-state index in [4.69, 9.17) is 16.3 Å². The number of imide groups is 1. The molecule has 0 bridgehead atoms. The van der Waals surface area contributed by atoms with Crippen LogP contribution in [0.4, 0.5) is 4.39 Å². The van der Waals surface area contributed by atoms with Crippen LogP contribution in [0.3, 0.4) is 0 Å². The molecule has 0 aromatic heterocycles. The second kappa shape index (κ2) is 9.16. The fourth-order valence-electron chi connectivity index (χ4n) is 6.07. The van der Waals surface area contributed by atoms with Gasteiger partial charge < -0.3 is 9.64 Å². The van der Waals surface area contributed by atoms with Gasteiger partial charge in [0.15, 0.2) is 0 Å². The van der Waals surface area contributed by atoms with Crippen molar-refractivity contribution in [2.75, 3.05) is 13.1 Å². The molecule has 6 rings (SSSR count). The third-order valence-electron chi connectivity index (χ3n) is 7.98. The molecule has 3 amide bonds. The summed E-state index contributed by atoms with van der Waals surface area (Å²) in [5, 5.41) is 2.82. The molecule has 0 radical (unpaired) electrons. The number of likely N-dealkylation sites (tertiary alicyclic amines) is 1. The van der Waals surface area contributed by atoms with E-state index in [1.54, 1.807) is 17.0 Å². The Kier molecular flexibility index (Phi) is 5.96. The van der Waals surface area contributed by atoms with Crippen LogP contribution in [0, 0.1) is 5.82 Å². The van der Waals surface area contributed by atoms with E-state index < -0.39 is 11.9 Å². The average molecular weight is 512 g/mol. The van der Waals surface area contributed by atoms with Crippen LogP contribution in [0.1, 0.15) is 59.5 Å². The second-order valence-electron chi connectivity index (χ2n) is 10.2. The van der Waals surface area contributed by atoms with Crippen molar-refractivity contribution in [3.63, 3.8) is 0 Å². The molecule has 1 N–H and O–H groups in total. The third-order valence-corrected chi connectivity index (χ3v) is 8.31. The molecule has 1 unspecified atom stereocenters. The molecule has 7 nitrogen and oxygen atoms in total. The van der Waals surface area contributed by atoms with E-state index >= 15 is 0 Å². The lowest BCUT2D eigenvalue weighted by Crippen LogP contribution is -2.54. The smallest absolute Gasteiger partial charge is 0.255 e. The van der Waals surface area contributed by atoms with Crippen molar-refractivity contribution in [1.29, 1.82) is 0 Å². The van der Waals surface area contributed by atoms with Gasteiger partial charge in [-0.05, 0) is 67.1 Å². The van der Waals surface area contributed by atoms with Gasteiger partial charge in [-0.1, -0.05) is 17.7 Å². The fraction of sp³-hybridized carbons (Fsp3) is 0.444. The molecule has 3 fully saturated rings. The minimum absolute atomic E-state index is 0.0519. The summed E-state index contributed by atoms with van der Waals surface area (Å²) < 4.78 is 19.8. The molecule has 36 heavy (non-hydrogen) atoms. The predicted octanol–water partition coefficient (Wildman–Crippen LogP) is 3.64. The number of rotatable bonds is 5. The molecule has 3 heterocycles. The van der Waals surface area contributed by atoms with E-state index in [-0.39, 0.29) is 30.2 Å². The van der Waals surface area contributed by atoms with E-state index in [2.05, 4.69) is 10.2 Å². The van der Waals surface area contributed by atoms with Gasteiger partial charge in [-0.3, -0.25) is 24.6 Å². The van der Waals surface area contributed by atoms with Crippen LogP contribution in [0.15, 0.2) is 36.4 Å². The molecular weight excluding hydrogens is 485 g/mol. The summed E-state index contributed by atoms with van der Waals surface area (Å²) in [5.41, 5.74) is 2.41. The Morgan fingerprint density at radius 2 is 1.86 bits per heavy atom. The summed E-state index contributed by atoms with van der Waals surface area (Å²) in [6.07, 6.45) is 3.73. The van der Waals surface area contributed by atoms with E-state index in [0.717, 1.165) is 49.2 Å². The predicted molar refractivity (Wildman–Crippen MR) is 130 cm³/mol. The van der Waals surface area contributed by atoms with E-state index in [9.17, 15) is 18.8 Å². The average Bonchev–Trinajstić information content (AvgIpc) is 3.38. The maximum Gasteiger partial charge on any atom is 0.255 e. The lowest BCUT2D eigenvalue weighted by Gasteiger charge is -2.45. The number of hydrogen-bond donors (Lipinski definition) is 1. The van der Waals surface area contributed by atoms with Crippen LogP contribution in [-0.2, 0) is 16.1 Å². The van der Waals surface area contributed by atoms with E-state index in [1.807, 2.05) is 12.1 Å². The van der Waals surface area contributed by atoms with Crippen LogP contribution >= 0.6 is 11.6 Å². The van der Waals surface area contributed by atoms with Gasteiger partial charge in [0.05, 0.1) is 0 Å². The van der Waals surface area contributed by atoms with Gasteiger partial charge in [0.2, 0.25) is 11.8 Å². The van der Waals surface area contributed by atoms with Gasteiger partial charge in [0.25, 0.3) is 5.91 Å². The van der Waals surface area contributed by atoms with Crippen molar-refractivity contribution >= 4 is 29.3 Å². The summed E-state index contributed by atoms with van der Waals surface area (Å²) in [6, 6.07) is 9.82. The molecule has 9 heteroatoms. The van der Waals surface area contributed by atoms with E-state index in [0.29, 0.717) is 35.5 Å². The molecule has 3 aliphatic heterocycles. The van der Waals surface area contributed by atoms with Crippen molar-refractivity contribution < 1.29 is 23.5 Å². The Hall–Kier alpha value is -2.97. The zero-order valence-electron chi connectivity index (χ0n) is 19.7. The Bertz CT molecular complexity index is 1250. The molecule has 2 aromatic rings. The molecule has 2 aromatic carbocycles. The fourth-order valence-corrected chi connectivity index (χ4v) is 6.39. The zero-order chi connectivity index (χ0) is 25.0. The molecule has 1 aliphatic carbocycles. The highest BCUT2D eigenvalue weighted by Crippen LogP contribution is 2.39. The largest absolute Gasteiger partial charge is 0.489 e. The van der Waals surface area contributed by atoms with Crippen LogP contribution < -0.4 is 10.1 Å². The summed E-state index contributed by atoms with van der Waals surface area (Å²) in [5.74, 6) is -0.189. The van der Waals surface area contributed by atoms with Gasteiger partial charge in [0.1, 0.15) is 23.7 Å². The lowest BCUT2D eigenvalue weighted by atomic mass is 9.89. The molecular formula is C27H27ClFN3O4. The van der Waals surface area contributed by atoms with Crippen molar-refractivity contribution in [2.45, 2.75) is 62.8 Å². The normalized spacial score (nSPS) is 26.7. The molecule has 2 saturated heterocycles. The van der Waals surface area contributed by atoms with Gasteiger partial charge >= 0.3 is 0 Å². The lowest BCUT2D eigenvalue weighted by molar-refractivity contribution is -0.136. The minimum atomic E-state index is -0.625. The second-order valence-corrected chi connectivity index (χ2v) is 10.6. The number of hydrogen-bond acceptors (Lipinski definition) is 5. The molecule has 4 aliphatic rings. The number of nitrogens with zero attached hydrogens (tertiary/aromatic N) is 2. The maximum atomic E-state index is 13.4. The van der Waals surface area contributed by atoms with Crippen LogP contribution in [-0.4, -0.2) is 58.8 Å². The summed E-state index contributed by atoms with van der Waals surface area (Å²) in [6.45, 7) is 2.07. The van der Waals surface area contributed by atoms with E-state index in [1.165, 1.54) is 12.1 Å². The molecule has 0 spiro atoms. The van der Waals surface area contributed by atoms with Gasteiger partial charge in [-0.25, -0.2) is 4.39 Å².